The van der Waals surface area contributed by atoms with Gasteiger partial charge in [0, 0.05) is 47.4 Å². The van der Waals surface area contributed by atoms with Crippen molar-refractivity contribution in [1.29, 1.82) is 0 Å². The predicted molar refractivity (Wildman–Crippen MR) is 210 cm³/mol. The summed E-state index contributed by atoms with van der Waals surface area (Å²) in [5, 5.41) is 12.7. The molecule has 2 atom stereocenters. The van der Waals surface area contributed by atoms with E-state index in [1.54, 1.807) is 35.2 Å². The van der Waals surface area contributed by atoms with Crippen LogP contribution in [-0.4, -0.2) is 73.4 Å². The minimum Gasteiger partial charge on any atom is -0.436 e. The Morgan fingerprint density at radius 2 is 1.66 bits per heavy atom. The summed E-state index contributed by atoms with van der Waals surface area (Å²) in [7, 11) is 0. The number of ether oxygens (including phenoxy) is 1. The van der Waals surface area contributed by atoms with Crippen molar-refractivity contribution in [2.75, 3.05) is 31.5 Å². The number of aromatic nitrogens is 4. The maximum atomic E-state index is 15.5. The molecule has 0 saturated carbocycles. The summed E-state index contributed by atoms with van der Waals surface area (Å²) in [5.74, 6) is -1.31. The molecule has 6 aromatic rings. The number of para-hydroxylation sites is 1. The van der Waals surface area contributed by atoms with E-state index >= 15 is 4.39 Å². The molecule has 0 radical (unpaired) electrons. The Kier molecular flexibility index (Phi) is 9.08. The molecular formula is C43H39ClFN7O4. The molecule has 2 fully saturated rings. The number of rotatable bonds is 6. The molecule has 3 amide bonds. The molecule has 0 aliphatic carbocycles. The molecule has 0 bridgehead atoms. The lowest BCUT2D eigenvalue weighted by Crippen LogP contribution is -2.55. The monoisotopic (exact) mass is 771 g/mol. The largest absolute Gasteiger partial charge is 0.436 e. The predicted octanol–water partition coefficient (Wildman–Crippen LogP) is 8.16. The van der Waals surface area contributed by atoms with Gasteiger partial charge in [-0.05, 0) is 73.2 Å². The summed E-state index contributed by atoms with van der Waals surface area (Å²) < 4.78 is 25.5. The van der Waals surface area contributed by atoms with Gasteiger partial charge >= 0.3 is 6.09 Å². The van der Waals surface area contributed by atoms with E-state index in [4.69, 9.17) is 16.3 Å². The second kappa shape index (κ2) is 14.2. The molecule has 5 heterocycles. The van der Waals surface area contributed by atoms with Crippen molar-refractivity contribution in [3.63, 3.8) is 0 Å². The molecule has 2 aromatic heterocycles. The van der Waals surface area contributed by atoms with E-state index in [2.05, 4.69) is 50.5 Å². The van der Waals surface area contributed by atoms with Crippen LogP contribution in [0.15, 0.2) is 103 Å². The lowest BCUT2D eigenvalue weighted by Gasteiger charge is -2.47. The van der Waals surface area contributed by atoms with E-state index in [-0.39, 0.29) is 46.6 Å². The summed E-state index contributed by atoms with van der Waals surface area (Å²) in [6.45, 7) is 3.86. The number of carbonyl (C=O) groups excluding carboxylic acids is 3. The smallest absolute Gasteiger partial charge is 0.412 e. The number of carbonyl (C=O) groups is 3. The molecule has 13 heteroatoms. The fraction of sp³-hybridized carbons (Fsp3) is 0.279. The number of nitrogens with one attached hydrogen (secondary N) is 1. The number of hydrogen-bond acceptors (Lipinski definition) is 6. The highest BCUT2D eigenvalue weighted by Gasteiger charge is 2.50. The Balaban J connectivity index is 0.872. The second-order valence-corrected chi connectivity index (χ2v) is 15.5. The molecule has 2 unspecified atom stereocenters. The van der Waals surface area contributed by atoms with Gasteiger partial charge in [-0.2, -0.15) is 0 Å². The maximum Gasteiger partial charge on any atom is 0.412 e. The van der Waals surface area contributed by atoms with Gasteiger partial charge in [-0.25, -0.2) is 13.9 Å². The van der Waals surface area contributed by atoms with Crippen LogP contribution in [0.2, 0.25) is 5.02 Å². The van der Waals surface area contributed by atoms with Crippen LogP contribution in [0.4, 0.5) is 14.9 Å². The Bertz CT molecular complexity index is 2490. The van der Waals surface area contributed by atoms with Crippen molar-refractivity contribution >= 4 is 46.1 Å². The van der Waals surface area contributed by atoms with Crippen LogP contribution in [0, 0.1) is 11.7 Å². The van der Waals surface area contributed by atoms with E-state index in [9.17, 15) is 14.4 Å². The van der Waals surface area contributed by atoms with Crippen LogP contribution in [-0.2, 0) is 16.9 Å². The van der Waals surface area contributed by atoms with Gasteiger partial charge in [0.15, 0.2) is 11.4 Å². The van der Waals surface area contributed by atoms with Crippen molar-refractivity contribution in [2.45, 2.75) is 44.4 Å². The normalized spacial score (nSPS) is 19.8. The number of amides is 3. The van der Waals surface area contributed by atoms with E-state index < -0.39 is 17.5 Å². The molecule has 1 N–H and O–H groups in total. The van der Waals surface area contributed by atoms with Crippen molar-refractivity contribution < 1.29 is 23.5 Å². The molecule has 2 saturated heterocycles. The summed E-state index contributed by atoms with van der Waals surface area (Å²) in [6.07, 6.45) is 3.03. The lowest BCUT2D eigenvalue weighted by atomic mass is 9.79. The fourth-order valence-corrected chi connectivity index (χ4v) is 8.91. The van der Waals surface area contributed by atoms with Gasteiger partial charge in [-0.3, -0.25) is 14.9 Å². The van der Waals surface area contributed by atoms with Crippen molar-refractivity contribution in [3.05, 3.63) is 136 Å². The summed E-state index contributed by atoms with van der Waals surface area (Å²) in [4.78, 5) is 43.9. The van der Waals surface area contributed by atoms with Crippen LogP contribution < -0.4 is 5.32 Å². The van der Waals surface area contributed by atoms with Crippen LogP contribution in [0.5, 0.6) is 0 Å². The average molecular weight is 772 g/mol. The summed E-state index contributed by atoms with van der Waals surface area (Å²) in [6, 6.07) is 30.6. The number of benzene rings is 4. The number of halogens is 2. The molecule has 11 nitrogen and oxygen atoms in total. The number of piperidine rings is 2. The number of hydrogen-bond donors (Lipinski definition) is 1. The van der Waals surface area contributed by atoms with Crippen LogP contribution in [0.25, 0.3) is 22.2 Å². The number of nitrogens with zero attached hydrogens (tertiary/aromatic N) is 6. The van der Waals surface area contributed by atoms with Gasteiger partial charge in [-0.15, -0.1) is 5.10 Å². The quantitative estimate of drug-likeness (QED) is 0.183. The van der Waals surface area contributed by atoms with E-state index in [1.807, 2.05) is 53.0 Å². The Hall–Kier alpha value is -6.01. The van der Waals surface area contributed by atoms with Gasteiger partial charge in [0.25, 0.3) is 11.8 Å². The first-order valence-corrected chi connectivity index (χ1v) is 19.2. The van der Waals surface area contributed by atoms with E-state index in [0.29, 0.717) is 56.6 Å². The SMILES string of the molecule is CC1CN(C(=O)c2cccc(C(=O)N3CCC(n4cc(Cn5c(-c6ccccc6)cc6ccccc65)nn4)CC3)c2)CC2(C1)OC(=O)Nc1ccc(Cl)c(F)c12. The minimum absolute atomic E-state index is 0.0558. The maximum absolute atomic E-state index is 15.5. The highest BCUT2D eigenvalue weighted by Crippen LogP contribution is 2.46. The van der Waals surface area contributed by atoms with Crippen molar-refractivity contribution in [1.82, 2.24) is 29.4 Å². The van der Waals surface area contributed by atoms with Gasteiger partial charge in [-0.1, -0.05) is 78.3 Å². The second-order valence-electron chi connectivity index (χ2n) is 15.1. The number of likely N-dealkylation sites (tertiary alicyclic amines) is 2. The van der Waals surface area contributed by atoms with Crippen molar-refractivity contribution in [3.8, 4) is 11.3 Å². The van der Waals surface area contributed by atoms with E-state index in [1.165, 1.54) is 11.5 Å². The fourth-order valence-electron chi connectivity index (χ4n) is 8.75. The summed E-state index contributed by atoms with van der Waals surface area (Å²) in [5.41, 5.74) is 3.96. The Morgan fingerprint density at radius 3 is 2.45 bits per heavy atom. The van der Waals surface area contributed by atoms with Gasteiger partial charge < -0.3 is 19.1 Å². The topological polar surface area (TPSA) is 115 Å². The molecule has 3 aliphatic rings. The van der Waals surface area contributed by atoms with Gasteiger partial charge in [0.05, 0.1) is 41.6 Å². The standard InChI is InChI=1S/C43H39ClFN7O4/c1-27-22-43(38-35(46-42(55)56-43)15-14-34(44)39(38)45)26-50(23-27)41(54)31-12-7-11-30(20-31)40(53)49-18-16-33(17-19-49)52-25-32(47-48-52)24-51-36-13-6-5-10-29(36)21-37(51)28-8-3-2-4-9-28/h2-15,20-21,25,27,33H,16-19,22-24,26H2,1H3,(H,46,55). The first kappa shape index (κ1) is 35.7. The Labute approximate surface area is 327 Å². The molecule has 4 aromatic carbocycles. The molecule has 3 aliphatic heterocycles. The summed E-state index contributed by atoms with van der Waals surface area (Å²) >= 11 is 6.16. The lowest BCUT2D eigenvalue weighted by molar-refractivity contribution is -0.0569. The zero-order valence-electron chi connectivity index (χ0n) is 30.7. The molecule has 9 rings (SSSR count). The first-order chi connectivity index (χ1) is 27.2. The van der Waals surface area contributed by atoms with Crippen molar-refractivity contribution in [2.24, 2.45) is 5.92 Å². The van der Waals surface area contributed by atoms with Crippen LogP contribution in [0.1, 0.15) is 64.2 Å². The van der Waals surface area contributed by atoms with Gasteiger partial charge in [0.2, 0.25) is 0 Å². The van der Waals surface area contributed by atoms with E-state index in [0.717, 1.165) is 22.5 Å². The average Bonchev–Trinajstić information content (AvgIpc) is 3.84. The highest BCUT2D eigenvalue weighted by atomic mass is 35.5. The van der Waals surface area contributed by atoms with Crippen LogP contribution in [0.3, 0.4) is 0 Å². The third-order valence-corrected chi connectivity index (χ3v) is 11.6. The highest BCUT2D eigenvalue weighted by molar-refractivity contribution is 6.31. The third kappa shape index (κ3) is 6.47. The third-order valence-electron chi connectivity index (χ3n) is 11.3. The zero-order valence-corrected chi connectivity index (χ0v) is 31.5. The number of fused-ring (bicyclic) bond motifs is 3. The van der Waals surface area contributed by atoms with Crippen LogP contribution >= 0.6 is 11.6 Å². The van der Waals surface area contributed by atoms with Gasteiger partial charge in [0.1, 0.15) is 5.69 Å². The molecule has 1 spiro atoms. The Morgan fingerprint density at radius 1 is 0.929 bits per heavy atom. The molecular weight excluding hydrogens is 733 g/mol. The minimum atomic E-state index is -1.41. The first-order valence-electron chi connectivity index (χ1n) is 18.9. The molecule has 56 heavy (non-hydrogen) atoms. The zero-order chi connectivity index (χ0) is 38.6. The molecule has 284 valence electrons. The number of anilines is 1.